The summed E-state index contributed by atoms with van der Waals surface area (Å²) in [7, 11) is 0. The number of aromatic nitrogens is 3. The molecular weight excluding hydrogens is 302 g/mol. The molecule has 0 saturated carbocycles. The average Bonchev–Trinajstić information content (AvgIpc) is 3.02. The second-order valence-corrected chi connectivity index (χ2v) is 6.04. The molecule has 0 unspecified atom stereocenters. The molecule has 2 aromatic carbocycles. The number of benzene rings is 2. The van der Waals surface area contributed by atoms with Gasteiger partial charge < -0.3 is 5.73 Å². The van der Waals surface area contributed by atoms with Gasteiger partial charge >= 0.3 is 0 Å². The summed E-state index contributed by atoms with van der Waals surface area (Å²) >= 11 is 0. The van der Waals surface area contributed by atoms with Crippen molar-refractivity contribution in [3.63, 3.8) is 0 Å². The van der Waals surface area contributed by atoms with Gasteiger partial charge in [-0.25, -0.2) is 4.68 Å². The van der Waals surface area contributed by atoms with E-state index in [4.69, 9.17) is 5.73 Å². The lowest BCUT2D eigenvalue weighted by Gasteiger charge is -2.09. The number of anilines is 1. The van der Waals surface area contributed by atoms with E-state index >= 15 is 0 Å². The van der Waals surface area contributed by atoms with Gasteiger partial charge in [0.15, 0.2) is 0 Å². The zero-order valence-corrected chi connectivity index (χ0v) is 13.3. The lowest BCUT2D eigenvalue weighted by atomic mass is 10.0. The van der Waals surface area contributed by atoms with E-state index in [1.54, 1.807) is 0 Å². The van der Waals surface area contributed by atoms with Crippen LogP contribution in [0, 0.1) is 0 Å². The normalized spacial score (nSPS) is 13.7. The Labute approximate surface area is 139 Å². The van der Waals surface area contributed by atoms with E-state index in [0.717, 1.165) is 48.0 Å². The van der Waals surface area contributed by atoms with Crippen molar-refractivity contribution in [3.8, 4) is 0 Å². The largest absolute Gasteiger partial charge is 0.326 e. The Hall–Kier alpha value is -2.73. The van der Waals surface area contributed by atoms with Crippen LogP contribution in [-0.4, -0.2) is 20.7 Å². The van der Waals surface area contributed by atoms with Gasteiger partial charge in [0.2, 0.25) is 5.95 Å². The molecule has 122 valence electrons. The second-order valence-electron chi connectivity index (χ2n) is 6.04. The lowest BCUT2D eigenvalue weighted by molar-refractivity contribution is 0.102. The van der Waals surface area contributed by atoms with Crippen molar-refractivity contribution < 1.29 is 4.79 Å². The molecule has 1 aromatic heterocycles. The SMILES string of the molecule is NCc1cccc2ccc(C(=O)Nc3nc4n(n3)CCCC4)cc12. The Bertz CT molecular complexity index is 891. The summed E-state index contributed by atoms with van der Waals surface area (Å²) in [4.78, 5) is 17.0. The van der Waals surface area contributed by atoms with Crippen LogP contribution in [0.15, 0.2) is 36.4 Å². The third-order valence-corrected chi connectivity index (χ3v) is 4.45. The Morgan fingerprint density at radius 1 is 1.25 bits per heavy atom. The molecule has 0 fully saturated rings. The Kier molecular flexibility index (Phi) is 3.74. The second kappa shape index (κ2) is 6.05. The number of carbonyl (C=O) groups excluding carboxylic acids is 1. The van der Waals surface area contributed by atoms with Crippen LogP contribution in [0.5, 0.6) is 0 Å². The highest BCUT2D eigenvalue weighted by atomic mass is 16.1. The van der Waals surface area contributed by atoms with Crippen LogP contribution in [-0.2, 0) is 19.5 Å². The topological polar surface area (TPSA) is 85.8 Å². The molecule has 0 atom stereocenters. The quantitative estimate of drug-likeness (QED) is 0.776. The monoisotopic (exact) mass is 321 g/mol. The van der Waals surface area contributed by atoms with Gasteiger partial charge in [-0.1, -0.05) is 24.3 Å². The van der Waals surface area contributed by atoms with Gasteiger partial charge in [-0.3, -0.25) is 10.1 Å². The van der Waals surface area contributed by atoms with E-state index in [0.29, 0.717) is 18.1 Å². The van der Waals surface area contributed by atoms with Crippen molar-refractivity contribution in [2.24, 2.45) is 5.73 Å². The minimum atomic E-state index is -0.202. The molecule has 1 aliphatic heterocycles. The summed E-state index contributed by atoms with van der Waals surface area (Å²) in [6, 6.07) is 11.6. The van der Waals surface area contributed by atoms with Crippen LogP contribution in [0.2, 0.25) is 0 Å². The summed E-state index contributed by atoms with van der Waals surface area (Å²) in [5, 5.41) is 9.25. The van der Waals surface area contributed by atoms with Gasteiger partial charge in [-0.2, -0.15) is 4.98 Å². The minimum absolute atomic E-state index is 0.202. The van der Waals surface area contributed by atoms with E-state index in [9.17, 15) is 4.79 Å². The summed E-state index contributed by atoms with van der Waals surface area (Å²) < 4.78 is 1.88. The maximum Gasteiger partial charge on any atom is 0.258 e. The summed E-state index contributed by atoms with van der Waals surface area (Å²) in [6.45, 7) is 1.31. The highest BCUT2D eigenvalue weighted by Gasteiger charge is 2.16. The number of hydrogen-bond acceptors (Lipinski definition) is 4. The minimum Gasteiger partial charge on any atom is -0.326 e. The zero-order chi connectivity index (χ0) is 16.5. The van der Waals surface area contributed by atoms with Crippen LogP contribution >= 0.6 is 0 Å². The van der Waals surface area contributed by atoms with Crippen molar-refractivity contribution in [2.75, 3.05) is 5.32 Å². The van der Waals surface area contributed by atoms with Crippen molar-refractivity contribution in [1.82, 2.24) is 14.8 Å². The molecule has 0 aliphatic carbocycles. The van der Waals surface area contributed by atoms with Crippen LogP contribution in [0.4, 0.5) is 5.95 Å². The summed E-state index contributed by atoms with van der Waals surface area (Å²) in [6.07, 6.45) is 3.15. The number of nitrogens with zero attached hydrogens (tertiary/aromatic N) is 3. The number of fused-ring (bicyclic) bond motifs is 2. The molecule has 6 heteroatoms. The number of hydrogen-bond donors (Lipinski definition) is 2. The number of carbonyl (C=O) groups is 1. The summed E-state index contributed by atoms with van der Waals surface area (Å²) in [5.41, 5.74) is 7.40. The fraction of sp³-hybridized carbons (Fsp3) is 0.278. The van der Waals surface area contributed by atoms with E-state index < -0.39 is 0 Å². The first-order valence-corrected chi connectivity index (χ1v) is 8.21. The molecule has 2 heterocycles. The van der Waals surface area contributed by atoms with Crippen LogP contribution in [0.1, 0.15) is 34.6 Å². The van der Waals surface area contributed by atoms with E-state index in [-0.39, 0.29) is 5.91 Å². The Morgan fingerprint density at radius 2 is 2.17 bits per heavy atom. The van der Waals surface area contributed by atoms with Crippen molar-refractivity contribution in [3.05, 3.63) is 53.3 Å². The molecule has 1 aliphatic rings. The van der Waals surface area contributed by atoms with Crippen LogP contribution in [0.3, 0.4) is 0 Å². The smallest absolute Gasteiger partial charge is 0.258 e. The molecular formula is C18H19N5O. The van der Waals surface area contributed by atoms with Crippen LogP contribution in [0.25, 0.3) is 10.8 Å². The molecule has 1 amide bonds. The first kappa shape index (κ1) is 14.8. The van der Waals surface area contributed by atoms with E-state index in [1.807, 2.05) is 41.1 Å². The third kappa shape index (κ3) is 2.65. The van der Waals surface area contributed by atoms with Crippen LogP contribution < -0.4 is 11.1 Å². The molecule has 24 heavy (non-hydrogen) atoms. The number of rotatable bonds is 3. The van der Waals surface area contributed by atoms with Gasteiger partial charge in [0, 0.05) is 25.1 Å². The summed E-state index contributed by atoms with van der Waals surface area (Å²) in [5.74, 6) is 1.12. The number of amides is 1. The molecule has 3 N–H and O–H groups in total. The van der Waals surface area contributed by atoms with E-state index in [2.05, 4.69) is 15.4 Å². The maximum absolute atomic E-state index is 12.5. The van der Waals surface area contributed by atoms with Crippen molar-refractivity contribution >= 4 is 22.6 Å². The highest BCUT2D eigenvalue weighted by molar-refractivity contribution is 6.06. The fourth-order valence-corrected chi connectivity index (χ4v) is 3.17. The maximum atomic E-state index is 12.5. The number of aryl methyl sites for hydroxylation is 2. The Balaban J connectivity index is 1.62. The molecule has 3 aromatic rings. The predicted octanol–water partition coefficient (Wildman–Crippen LogP) is 2.48. The predicted molar refractivity (Wildman–Crippen MR) is 92.8 cm³/mol. The molecule has 6 nitrogen and oxygen atoms in total. The average molecular weight is 321 g/mol. The van der Waals surface area contributed by atoms with Gasteiger partial charge in [-0.15, -0.1) is 5.10 Å². The molecule has 0 radical (unpaired) electrons. The molecule has 4 rings (SSSR count). The third-order valence-electron chi connectivity index (χ3n) is 4.45. The Morgan fingerprint density at radius 3 is 3.00 bits per heavy atom. The van der Waals surface area contributed by atoms with Crippen molar-refractivity contribution in [1.29, 1.82) is 0 Å². The lowest BCUT2D eigenvalue weighted by Crippen LogP contribution is -2.14. The standard InChI is InChI=1S/C18H19N5O/c19-11-14-5-3-4-12-7-8-13(10-15(12)14)17(24)21-18-20-16-6-1-2-9-23(16)22-18/h3-5,7-8,10H,1-2,6,9,11,19H2,(H,21,22,24). The van der Waals surface area contributed by atoms with E-state index in [1.165, 1.54) is 0 Å². The first-order valence-electron chi connectivity index (χ1n) is 8.21. The first-order chi connectivity index (χ1) is 11.7. The molecule has 0 bridgehead atoms. The zero-order valence-electron chi connectivity index (χ0n) is 13.3. The highest BCUT2D eigenvalue weighted by Crippen LogP contribution is 2.21. The van der Waals surface area contributed by atoms with Gasteiger partial charge in [0.05, 0.1) is 0 Å². The van der Waals surface area contributed by atoms with Gasteiger partial charge in [-0.05, 0) is 41.3 Å². The molecule has 0 saturated heterocycles. The fourth-order valence-electron chi connectivity index (χ4n) is 3.17. The number of nitrogens with two attached hydrogens (primary N) is 1. The number of nitrogens with one attached hydrogen (secondary N) is 1. The van der Waals surface area contributed by atoms with Gasteiger partial charge in [0.1, 0.15) is 5.82 Å². The van der Waals surface area contributed by atoms with Gasteiger partial charge in [0.25, 0.3) is 5.91 Å². The van der Waals surface area contributed by atoms with Crippen molar-refractivity contribution in [2.45, 2.75) is 32.4 Å². The molecule has 0 spiro atoms.